The van der Waals surface area contributed by atoms with Crippen molar-refractivity contribution in [3.63, 3.8) is 0 Å². The summed E-state index contributed by atoms with van der Waals surface area (Å²) in [7, 11) is 0. The molecular weight excluding hydrogens is 341 g/mol. The van der Waals surface area contributed by atoms with Gasteiger partial charge in [0.2, 0.25) is 0 Å². The van der Waals surface area contributed by atoms with E-state index in [-0.39, 0.29) is 12.4 Å². The number of hydrogen-bond donors (Lipinski definition) is 1. The van der Waals surface area contributed by atoms with Crippen LogP contribution in [0, 0.1) is 19.7 Å². The SMILES string of the molecule is Cc1ccc(CSCC(=O)OCC(=O)Nc2ccc(C)c(F)c2)cc1. The molecule has 0 heterocycles. The molecule has 2 aromatic carbocycles. The lowest BCUT2D eigenvalue weighted by Gasteiger charge is -2.07. The van der Waals surface area contributed by atoms with E-state index in [1.807, 2.05) is 31.2 Å². The number of thioether (sulfide) groups is 1. The standard InChI is InChI=1S/C19H20FNO3S/c1-13-3-6-15(7-4-13)11-25-12-19(23)24-10-18(22)21-16-8-5-14(2)17(20)9-16/h3-9H,10-12H2,1-2H3,(H,21,22). The Labute approximate surface area is 150 Å². The van der Waals surface area contributed by atoms with Gasteiger partial charge in [-0.3, -0.25) is 9.59 Å². The van der Waals surface area contributed by atoms with Crippen molar-refractivity contribution in [2.45, 2.75) is 19.6 Å². The van der Waals surface area contributed by atoms with Crippen molar-refractivity contribution in [2.24, 2.45) is 0 Å². The second-order valence-corrected chi connectivity index (χ2v) is 6.64. The molecule has 0 unspecified atom stereocenters. The third-order valence-electron chi connectivity index (χ3n) is 3.43. The van der Waals surface area contributed by atoms with E-state index in [1.165, 1.54) is 23.4 Å². The first-order chi connectivity index (χ1) is 11.9. The first-order valence-corrected chi connectivity index (χ1v) is 8.94. The minimum absolute atomic E-state index is 0.167. The number of amides is 1. The van der Waals surface area contributed by atoms with Gasteiger partial charge in [-0.2, -0.15) is 0 Å². The predicted molar refractivity (Wildman–Crippen MR) is 98.1 cm³/mol. The molecule has 0 aromatic heterocycles. The molecule has 0 saturated heterocycles. The molecule has 0 aliphatic rings. The molecule has 4 nitrogen and oxygen atoms in total. The number of rotatable bonds is 7. The fraction of sp³-hybridized carbons (Fsp3) is 0.263. The Kier molecular flexibility index (Phi) is 7.01. The Morgan fingerprint density at radius 3 is 2.52 bits per heavy atom. The Morgan fingerprint density at radius 2 is 1.84 bits per heavy atom. The summed E-state index contributed by atoms with van der Waals surface area (Å²) in [6.07, 6.45) is 0. The quantitative estimate of drug-likeness (QED) is 0.761. The average Bonchev–Trinajstić information content (AvgIpc) is 2.58. The molecule has 0 fully saturated rings. The first-order valence-electron chi connectivity index (χ1n) is 7.79. The second kappa shape index (κ2) is 9.22. The van der Waals surface area contributed by atoms with E-state index in [9.17, 15) is 14.0 Å². The maximum atomic E-state index is 13.4. The Bertz CT molecular complexity index is 747. The number of benzene rings is 2. The summed E-state index contributed by atoms with van der Waals surface area (Å²) < 4.78 is 18.3. The first kappa shape index (κ1) is 19.0. The van der Waals surface area contributed by atoms with Gasteiger partial charge in [0.15, 0.2) is 6.61 Å². The fourth-order valence-corrected chi connectivity index (χ4v) is 2.77. The number of anilines is 1. The number of halogens is 1. The second-order valence-electron chi connectivity index (χ2n) is 5.65. The summed E-state index contributed by atoms with van der Waals surface area (Å²) in [5.74, 6) is -0.491. The third kappa shape index (κ3) is 6.58. The fourth-order valence-electron chi connectivity index (χ4n) is 1.99. The summed E-state index contributed by atoms with van der Waals surface area (Å²) in [6, 6.07) is 12.5. The normalized spacial score (nSPS) is 10.4. The highest BCUT2D eigenvalue weighted by Crippen LogP contribution is 2.14. The monoisotopic (exact) mass is 361 g/mol. The van der Waals surface area contributed by atoms with Gasteiger partial charge in [0.25, 0.3) is 5.91 Å². The molecule has 1 amide bonds. The number of nitrogens with one attached hydrogen (secondary N) is 1. The Hall–Kier alpha value is -2.34. The maximum absolute atomic E-state index is 13.4. The zero-order valence-electron chi connectivity index (χ0n) is 14.2. The summed E-state index contributed by atoms with van der Waals surface area (Å²) in [5, 5.41) is 2.49. The van der Waals surface area contributed by atoms with Crippen LogP contribution in [0.25, 0.3) is 0 Å². The lowest BCUT2D eigenvalue weighted by atomic mass is 10.2. The van der Waals surface area contributed by atoms with E-state index in [0.717, 1.165) is 5.56 Å². The lowest BCUT2D eigenvalue weighted by molar-refractivity contribution is -0.144. The highest BCUT2D eigenvalue weighted by atomic mass is 32.2. The number of carbonyl (C=O) groups is 2. The van der Waals surface area contributed by atoms with Crippen LogP contribution in [0.5, 0.6) is 0 Å². The van der Waals surface area contributed by atoms with Crippen molar-refractivity contribution in [3.8, 4) is 0 Å². The van der Waals surface area contributed by atoms with Gasteiger partial charge in [-0.05, 0) is 37.1 Å². The van der Waals surface area contributed by atoms with Gasteiger partial charge in [-0.25, -0.2) is 4.39 Å². The van der Waals surface area contributed by atoms with Crippen molar-refractivity contribution in [3.05, 3.63) is 65.0 Å². The number of ether oxygens (including phenoxy) is 1. The van der Waals surface area contributed by atoms with E-state index in [2.05, 4.69) is 5.32 Å². The molecule has 0 spiro atoms. The zero-order chi connectivity index (χ0) is 18.2. The largest absolute Gasteiger partial charge is 0.455 e. The van der Waals surface area contributed by atoms with E-state index < -0.39 is 17.7 Å². The van der Waals surface area contributed by atoms with Crippen LogP contribution >= 0.6 is 11.8 Å². The molecule has 0 aliphatic carbocycles. The smallest absolute Gasteiger partial charge is 0.316 e. The minimum atomic E-state index is -0.500. The van der Waals surface area contributed by atoms with Crippen LogP contribution in [0.4, 0.5) is 10.1 Å². The number of esters is 1. The molecule has 2 rings (SSSR count). The molecule has 6 heteroatoms. The van der Waals surface area contributed by atoms with E-state index in [4.69, 9.17) is 4.74 Å². The molecule has 0 saturated carbocycles. The molecule has 2 aromatic rings. The van der Waals surface area contributed by atoms with Gasteiger partial charge in [0.1, 0.15) is 5.82 Å². The van der Waals surface area contributed by atoms with Gasteiger partial charge in [0.05, 0.1) is 5.75 Å². The van der Waals surface area contributed by atoms with Crippen molar-refractivity contribution in [1.29, 1.82) is 0 Å². The molecular formula is C19H20FNO3S. The number of aryl methyl sites for hydroxylation is 2. The molecule has 1 N–H and O–H groups in total. The molecule has 0 bridgehead atoms. The summed E-state index contributed by atoms with van der Waals surface area (Å²) in [5.41, 5.74) is 3.14. The number of hydrogen-bond acceptors (Lipinski definition) is 4. The highest BCUT2D eigenvalue weighted by molar-refractivity contribution is 7.99. The van der Waals surface area contributed by atoms with Crippen LogP contribution in [0.1, 0.15) is 16.7 Å². The molecule has 25 heavy (non-hydrogen) atoms. The lowest BCUT2D eigenvalue weighted by Crippen LogP contribution is -2.21. The number of carbonyl (C=O) groups excluding carboxylic acids is 2. The third-order valence-corrected chi connectivity index (χ3v) is 4.41. The zero-order valence-corrected chi connectivity index (χ0v) is 15.0. The Morgan fingerprint density at radius 1 is 1.12 bits per heavy atom. The van der Waals surface area contributed by atoms with Gasteiger partial charge in [-0.1, -0.05) is 35.9 Å². The van der Waals surface area contributed by atoms with E-state index in [1.54, 1.807) is 19.1 Å². The van der Waals surface area contributed by atoms with Crippen molar-refractivity contribution in [2.75, 3.05) is 17.7 Å². The summed E-state index contributed by atoms with van der Waals surface area (Å²) >= 11 is 1.42. The van der Waals surface area contributed by atoms with E-state index in [0.29, 0.717) is 17.0 Å². The summed E-state index contributed by atoms with van der Waals surface area (Å²) in [6.45, 7) is 3.26. The topological polar surface area (TPSA) is 55.4 Å². The van der Waals surface area contributed by atoms with Crippen LogP contribution in [-0.2, 0) is 20.1 Å². The summed E-state index contributed by atoms with van der Waals surface area (Å²) in [4.78, 5) is 23.4. The molecule has 0 aliphatic heterocycles. The predicted octanol–water partition coefficient (Wildman–Crippen LogP) is 3.86. The van der Waals surface area contributed by atoms with Gasteiger partial charge >= 0.3 is 5.97 Å². The Balaban J connectivity index is 1.67. The minimum Gasteiger partial charge on any atom is -0.455 e. The van der Waals surface area contributed by atoms with Crippen LogP contribution in [0.3, 0.4) is 0 Å². The molecule has 132 valence electrons. The highest BCUT2D eigenvalue weighted by Gasteiger charge is 2.09. The maximum Gasteiger partial charge on any atom is 0.316 e. The van der Waals surface area contributed by atoms with Crippen LogP contribution in [0.15, 0.2) is 42.5 Å². The molecule has 0 atom stereocenters. The van der Waals surface area contributed by atoms with E-state index >= 15 is 0 Å². The van der Waals surface area contributed by atoms with Gasteiger partial charge in [-0.15, -0.1) is 11.8 Å². The van der Waals surface area contributed by atoms with Crippen LogP contribution in [0.2, 0.25) is 0 Å². The van der Waals surface area contributed by atoms with Crippen molar-refractivity contribution < 1.29 is 18.7 Å². The van der Waals surface area contributed by atoms with Crippen molar-refractivity contribution in [1.82, 2.24) is 0 Å². The molecule has 0 radical (unpaired) electrons. The average molecular weight is 361 g/mol. The van der Waals surface area contributed by atoms with Gasteiger partial charge < -0.3 is 10.1 Å². The van der Waals surface area contributed by atoms with Crippen LogP contribution < -0.4 is 5.32 Å². The van der Waals surface area contributed by atoms with Crippen LogP contribution in [-0.4, -0.2) is 24.2 Å². The van der Waals surface area contributed by atoms with Crippen molar-refractivity contribution >= 4 is 29.3 Å². The van der Waals surface area contributed by atoms with Gasteiger partial charge in [0, 0.05) is 11.4 Å².